The fraction of sp³-hybridized carbons (Fsp3) is 0.267. The lowest BCUT2D eigenvalue weighted by molar-refractivity contribution is -0.384. The highest BCUT2D eigenvalue weighted by Gasteiger charge is 2.56. The molecule has 1 N–H and O–H groups in total. The number of carbonyl (C=O) groups is 4. The Morgan fingerprint density at radius 2 is 1.75 bits per heavy atom. The van der Waals surface area contributed by atoms with Crippen molar-refractivity contribution in [2.24, 2.45) is 17.8 Å². The number of Topliss-reactive ketones (excluding diaryl/α,β-unsaturated/α-hetero) is 1. The minimum atomic E-state index is -0.805. The van der Waals surface area contributed by atoms with Crippen LogP contribution in [0.2, 0.25) is 0 Å². The third-order valence-corrected chi connectivity index (χ3v) is 8.43. The standard InChI is InChI=1S/C30H24N2O8/c1-14-11-24(34)27-22(28(14)35)13-20-18(25(27)21-12-17(40-2)7-10-23(21)33)8-9-19-26(20)30(37)31(29(19)36)15-3-5-16(6-4-15)32(38)39/h3-8,10-12,19-20,25-26,33H,9,13H2,1-2H3. The lowest BCUT2D eigenvalue weighted by Crippen LogP contribution is -2.39. The Hall–Kier alpha value is -4.86. The van der Waals surface area contributed by atoms with Crippen LogP contribution in [0.25, 0.3) is 0 Å². The van der Waals surface area contributed by atoms with Gasteiger partial charge in [0, 0.05) is 40.3 Å². The molecule has 2 aromatic carbocycles. The molecule has 2 amide bonds. The SMILES string of the molecule is COc1ccc(O)c(C2C3=CCC4C(=O)N(c5ccc([N+](=O)[O-])cc5)C(=O)C4C3CC3=C2C(=O)C=C(C)C3=O)c1. The number of allylic oxidation sites excluding steroid dienone is 6. The van der Waals surface area contributed by atoms with E-state index in [0.717, 1.165) is 4.90 Å². The summed E-state index contributed by atoms with van der Waals surface area (Å²) in [6, 6.07) is 9.88. The van der Waals surface area contributed by atoms with Crippen molar-refractivity contribution in [3.8, 4) is 11.5 Å². The van der Waals surface area contributed by atoms with E-state index in [2.05, 4.69) is 0 Å². The number of hydrogen-bond donors (Lipinski definition) is 1. The van der Waals surface area contributed by atoms with Crippen LogP contribution in [0, 0.1) is 27.9 Å². The minimum absolute atomic E-state index is 0.0887. The molecule has 1 heterocycles. The monoisotopic (exact) mass is 540 g/mol. The van der Waals surface area contributed by atoms with E-state index in [1.807, 2.05) is 6.08 Å². The van der Waals surface area contributed by atoms with Gasteiger partial charge in [-0.1, -0.05) is 11.6 Å². The molecule has 0 saturated carbocycles. The summed E-state index contributed by atoms with van der Waals surface area (Å²) in [5.74, 6) is -4.02. The zero-order valence-electron chi connectivity index (χ0n) is 21.6. The summed E-state index contributed by atoms with van der Waals surface area (Å²) in [7, 11) is 1.48. The van der Waals surface area contributed by atoms with E-state index in [0.29, 0.717) is 22.5 Å². The number of imide groups is 1. The maximum atomic E-state index is 13.9. The molecule has 4 aliphatic rings. The van der Waals surface area contributed by atoms with Gasteiger partial charge in [-0.05, 0) is 62.1 Å². The molecule has 2 aromatic rings. The third-order valence-electron chi connectivity index (χ3n) is 8.43. The van der Waals surface area contributed by atoms with Gasteiger partial charge in [0.05, 0.1) is 29.6 Å². The molecule has 0 radical (unpaired) electrons. The van der Waals surface area contributed by atoms with Crippen LogP contribution in [0.15, 0.2) is 76.9 Å². The van der Waals surface area contributed by atoms with Gasteiger partial charge in [-0.25, -0.2) is 0 Å². The molecule has 0 aromatic heterocycles. The maximum Gasteiger partial charge on any atom is 0.269 e. The third kappa shape index (κ3) is 3.63. The topological polar surface area (TPSA) is 144 Å². The molecule has 4 atom stereocenters. The number of nitro groups is 1. The van der Waals surface area contributed by atoms with Crippen molar-refractivity contribution in [3.63, 3.8) is 0 Å². The Labute approximate surface area is 228 Å². The molecule has 3 aliphatic carbocycles. The Bertz CT molecular complexity index is 1630. The Morgan fingerprint density at radius 3 is 2.42 bits per heavy atom. The smallest absolute Gasteiger partial charge is 0.269 e. The summed E-state index contributed by atoms with van der Waals surface area (Å²) in [5.41, 5.74) is 1.98. The van der Waals surface area contributed by atoms with Crippen LogP contribution in [0.5, 0.6) is 11.5 Å². The normalized spacial score (nSPS) is 25.7. The van der Waals surface area contributed by atoms with Gasteiger partial charge >= 0.3 is 0 Å². The van der Waals surface area contributed by atoms with Gasteiger partial charge in [0.25, 0.3) is 5.69 Å². The number of fused-ring (bicyclic) bond motifs is 3. The number of anilines is 1. The molecule has 4 unspecified atom stereocenters. The lowest BCUT2D eigenvalue weighted by atomic mass is 9.59. The lowest BCUT2D eigenvalue weighted by Gasteiger charge is -2.42. The molecule has 0 spiro atoms. The summed E-state index contributed by atoms with van der Waals surface area (Å²) < 4.78 is 5.37. The maximum absolute atomic E-state index is 13.9. The number of non-ortho nitro benzene ring substituents is 1. The zero-order valence-corrected chi connectivity index (χ0v) is 21.6. The van der Waals surface area contributed by atoms with E-state index in [4.69, 9.17) is 4.74 Å². The molecular weight excluding hydrogens is 516 g/mol. The molecule has 1 saturated heterocycles. The van der Waals surface area contributed by atoms with E-state index < -0.39 is 40.4 Å². The van der Waals surface area contributed by atoms with Gasteiger partial charge in [-0.15, -0.1) is 0 Å². The van der Waals surface area contributed by atoms with E-state index >= 15 is 0 Å². The largest absolute Gasteiger partial charge is 0.508 e. The number of nitro benzene ring substituents is 1. The second-order valence-corrected chi connectivity index (χ2v) is 10.4. The number of hydrogen-bond acceptors (Lipinski definition) is 8. The summed E-state index contributed by atoms with van der Waals surface area (Å²) in [5, 5.41) is 22.0. The molecular formula is C30H24N2O8. The van der Waals surface area contributed by atoms with Crippen molar-refractivity contribution in [1.82, 2.24) is 0 Å². The van der Waals surface area contributed by atoms with E-state index in [1.54, 1.807) is 19.1 Å². The number of nitrogens with zero attached hydrogens (tertiary/aromatic N) is 2. The Kier molecular flexibility index (Phi) is 5.79. The molecule has 0 bridgehead atoms. The number of amides is 2. The molecule has 10 heteroatoms. The molecule has 10 nitrogen and oxygen atoms in total. The van der Waals surface area contributed by atoms with Gasteiger partial charge < -0.3 is 9.84 Å². The highest BCUT2D eigenvalue weighted by atomic mass is 16.6. The molecule has 1 fully saturated rings. The number of rotatable bonds is 4. The predicted molar refractivity (Wildman–Crippen MR) is 142 cm³/mol. The second kappa shape index (κ2) is 9.11. The van der Waals surface area contributed by atoms with Gasteiger partial charge in [0.2, 0.25) is 11.8 Å². The number of ether oxygens (including phenoxy) is 1. The highest BCUT2D eigenvalue weighted by Crippen LogP contribution is 2.56. The first-order valence-electron chi connectivity index (χ1n) is 12.8. The number of ketones is 2. The summed E-state index contributed by atoms with van der Waals surface area (Å²) >= 11 is 0. The summed E-state index contributed by atoms with van der Waals surface area (Å²) in [6.45, 7) is 1.57. The summed E-state index contributed by atoms with van der Waals surface area (Å²) in [4.78, 5) is 65.8. The average Bonchev–Trinajstić information content (AvgIpc) is 3.20. The molecule has 1 aliphatic heterocycles. The van der Waals surface area contributed by atoms with Crippen LogP contribution in [-0.2, 0) is 19.2 Å². The van der Waals surface area contributed by atoms with Crippen molar-refractivity contribution < 1.29 is 33.9 Å². The Balaban J connectivity index is 1.47. The van der Waals surface area contributed by atoms with Gasteiger partial charge in [-0.3, -0.25) is 34.2 Å². The number of aromatic hydroxyl groups is 1. The Morgan fingerprint density at radius 1 is 1.02 bits per heavy atom. The number of benzene rings is 2. The number of methoxy groups -OCH3 is 1. The van der Waals surface area contributed by atoms with Crippen molar-refractivity contribution in [2.75, 3.05) is 12.0 Å². The van der Waals surface area contributed by atoms with E-state index in [-0.39, 0.29) is 52.7 Å². The quantitative estimate of drug-likeness (QED) is 0.202. The number of phenols is 1. The minimum Gasteiger partial charge on any atom is -0.508 e. The van der Waals surface area contributed by atoms with Crippen LogP contribution in [-0.4, -0.2) is 40.5 Å². The number of phenolic OH excluding ortho intramolecular Hbond substituents is 1. The zero-order chi connectivity index (χ0) is 28.5. The fourth-order valence-corrected chi connectivity index (χ4v) is 6.61. The van der Waals surface area contributed by atoms with Crippen molar-refractivity contribution >= 4 is 34.8 Å². The summed E-state index contributed by atoms with van der Waals surface area (Å²) in [6.07, 6.45) is 3.49. The second-order valence-electron chi connectivity index (χ2n) is 10.4. The fourth-order valence-electron chi connectivity index (χ4n) is 6.61. The van der Waals surface area contributed by atoms with E-state index in [1.165, 1.54) is 43.5 Å². The predicted octanol–water partition coefficient (Wildman–Crippen LogP) is 3.94. The van der Waals surface area contributed by atoms with Crippen LogP contribution >= 0.6 is 0 Å². The van der Waals surface area contributed by atoms with Crippen LogP contribution in [0.1, 0.15) is 31.2 Å². The molecule has 6 rings (SSSR count). The molecule has 40 heavy (non-hydrogen) atoms. The average molecular weight is 541 g/mol. The van der Waals surface area contributed by atoms with Gasteiger partial charge in [-0.2, -0.15) is 0 Å². The van der Waals surface area contributed by atoms with E-state index in [9.17, 15) is 34.4 Å². The van der Waals surface area contributed by atoms with Crippen molar-refractivity contribution in [3.05, 3.63) is 92.6 Å². The highest BCUT2D eigenvalue weighted by molar-refractivity contribution is 6.25. The number of carbonyl (C=O) groups excluding carboxylic acids is 4. The molecule has 202 valence electrons. The first-order chi connectivity index (χ1) is 19.1. The van der Waals surface area contributed by atoms with Crippen LogP contribution < -0.4 is 9.64 Å². The van der Waals surface area contributed by atoms with Crippen molar-refractivity contribution in [1.29, 1.82) is 0 Å². The van der Waals surface area contributed by atoms with Crippen molar-refractivity contribution in [2.45, 2.75) is 25.7 Å². The first-order valence-corrected chi connectivity index (χ1v) is 12.8. The first kappa shape index (κ1) is 25.4. The van der Waals surface area contributed by atoms with Crippen LogP contribution in [0.4, 0.5) is 11.4 Å². The van der Waals surface area contributed by atoms with Gasteiger partial charge in [0.1, 0.15) is 11.5 Å². The van der Waals surface area contributed by atoms with Gasteiger partial charge in [0.15, 0.2) is 11.6 Å². The van der Waals surface area contributed by atoms with Crippen LogP contribution in [0.3, 0.4) is 0 Å².